The molecule has 0 aliphatic carbocycles. The molecule has 0 spiro atoms. The molecular weight excluding hydrogens is 391 g/mol. The largest absolute Gasteiger partial charge is 0.356 e. The number of amides is 1. The van der Waals surface area contributed by atoms with E-state index in [-0.39, 0.29) is 17.1 Å². The molecule has 0 aromatic heterocycles. The first-order valence-electron chi connectivity index (χ1n) is 9.54. The Balaban J connectivity index is 1.97. The van der Waals surface area contributed by atoms with Gasteiger partial charge in [0, 0.05) is 42.7 Å². The van der Waals surface area contributed by atoms with Gasteiger partial charge in [-0.2, -0.15) is 0 Å². The minimum Gasteiger partial charge on any atom is -0.356 e. The predicted octanol–water partition coefficient (Wildman–Crippen LogP) is 3.87. The van der Waals surface area contributed by atoms with Crippen molar-refractivity contribution in [3.63, 3.8) is 0 Å². The molecule has 0 saturated heterocycles. The summed E-state index contributed by atoms with van der Waals surface area (Å²) in [6, 6.07) is 11.9. The fourth-order valence-corrected chi connectivity index (χ4v) is 3.35. The lowest BCUT2D eigenvalue weighted by molar-refractivity contribution is 0.0955. The van der Waals surface area contributed by atoms with Gasteiger partial charge in [0.25, 0.3) is 5.91 Å². The van der Waals surface area contributed by atoms with Crippen molar-refractivity contribution in [1.29, 1.82) is 0 Å². The van der Waals surface area contributed by atoms with Crippen LogP contribution < -0.4 is 16.0 Å². The smallest absolute Gasteiger partial charge is 0.251 e. The fourth-order valence-electron chi connectivity index (χ4n) is 2.93. The van der Waals surface area contributed by atoms with Crippen molar-refractivity contribution in [2.24, 2.45) is 4.99 Å². The lowest BCUT2D eigenvalue weighted by atomic mass is 9.84. The zero-order valence-corrected chi connectivity index (χ0v) is 18.0. The summed E-state index contributed by atoms with van der Waals surface area (Å²) in [6.07, 6.45) is 0. The zero-order chi connectivity index (χ0) is 21.4. The minimum atomic E-state index is -0.352. The van der Waals surface area contributed by atoms with Crippen molar-refractivity contribution in [1.82, 2.24) is 16.0 Å². The van der Waals surface area contributed by atoms with E-state index in [2.05, 4.69) is 20.9 Å². The number of hydrogen-bond acceptors (Lipinski definition) is 2. The Morgan fingerprint density at radius 2 is 1.90 bits per heavy atom. The first-order chi connectivity index (χ1) is 13.8. The second-order valence-electron chi connectivity index (χ2n) is 7.35. The second kappa shape index (κ2) is 10.3. The molecule has 5 nitrogen and oxygen atoms in total. The van der Waals surface area contributed by atoms with E-state index >= 15 is 0 Å². The number of halogens is 2. The van der Waals surface area contributed by atoms with Gasteiger partial charge in [-0.3, -0.25) is 9.79 Å². The summed E-state index contributed by atoms with van der Waals surface area (Å²) in [5, 5.41) is 9.73. The Kier molecular flexibility index (Phi) is 8.02. The molecule has 0 fully saturated rings. The molecule has 2 aromatic rings. The predicted molar refractivity (Wildman–Crippen MR) is 117 cm³/mol. The topological polar surface area (TPSA) is 65.5 Å². The van der Waals surface area contributed by atoms with Crippen molar-refractivity contribution in [3.8, 4) is 0 Å². The van der Waals surface area contributed by atoms with Crippen LogP contribution in [0.3, 0.4) is 0 Å². The van der Waals surface area contributed by atoms with Crippen LogP contribution in [0.2, 0.25) is 5.02 Å². The molecule has 0 aliphatic rings. The summed E-state index contributed by atoms with van der Waals surface area (Å²) in [6.45, 7) is 7.61. The van der Waals surface area contributed by atoms with E-state index in [1.54, 1.807) is 19.2 Å². The SMILES string of the molecule is CCNC(=O)c1cccc(CNC(=NC)NCC(C)(C)c2ccc(F)cc2Cl)c1. The van der Waals surface area contributed by atoms with Crippen molar-refractivity contribution < 1.29 is 9.18 Å². The number of benzene rings is 2. The Labute approximate surface area is 176 Å². The lowest BCUT2D eigenvalue weighted by Gasteiger charge is -2.27. The Morgan fingerprint density at radius 1 is 1.14 bits per heavy atom. The molecule has 0 bridgehead atoms. The first-order valence-corrected chi connectivity index (χ1v) is 9.92. The van der Waals surface area contributed by atoms with Crippen LogP contribution in [-0.2, 0) is 12.0 Å². The van der Waals surface area contributed by atoms with E-state index in [1.807, 2.05) is 39.0 Å². The minimum absolute atomic E-state index is 0.0882. The quantitative estimate of drug-likeness (QED) is 0.472. The number of hydrogen-bond donors (Lipinski definition) is 3. The van der Waals surface area contributed by atoms with E-state index in [0.29, 0.717) is 36.2 Å². The van der Waals surface area contributed by atoms with Gasteiger partial charge < -0.3 is 16.0 Å². The van der Waals surface area contributed by atoms with Crippen LogP contribution >= 0.6 is 11.6 Å². The van der Waals surface area contributed by atoms with E-state index in [0.717, 1.165) is 11.1 Å². The summed E-state index contributed by atoms with van der Waals surface area (Å²) in [5.74, 6) is 0.185. The van der Waals surface area contributed by atoms with Crippen LogP contribution in [0.4, 0.5) is 4.39 Å². The molecule has 156 valence electrons. The van der Waals surface area contributed by atoms with Gasteiger partial charge in [0.05, 0.1) is 0 Å². The maximum Gasteiger partial charge on any atom is 0.251 e. The average molecular weight is 419 g/mol. The lowest BCUT2D eigenvalue weighted by Crippen LogP contribution is -2.43. The summed E-state index contributed by atoms with van der Waals surface area (Å²) >= 11 is 6.22. The molecule has 7 heteroatoms. The molecule has 0 aliphatic heterocycles. The summed E-state index contributed by atoms with van der Waals surface area (Å²) in [5.41, 5.74) is 2.12. The zero-order valence-electron chi connectivity index (χ0n) is 17.3. The number of nitrogens with zero attached hydrogens (tertiary/aromatic N) is 1. The van der Waals surface area contributed by atoms with Crippen LogP contribution in [0.25, 0.3) is 0 Å². The third kappa shape index (κ3) is 6.46. The second-order valence-corrected chi connectivity index (χ2v) is 7.75. The fraction of sp³-hybridized carbons (Fsp3) is 0.364. The number of aliphatic imine (C=N–C) groups is 1. The summed E-state index contributed by atoms with van der Waals surface area (Å²) < 4.78 is 13.3. The van der Waals surface area contributed by atoms with Crippen LogP contribution in [0.5, 0.6) is 0 Å². The number of rotatable bonds is 7. The van der Waals surface area contributed by atoms with E-state index in [1.165, 1.54) is 12.1 Å². The average Bonchev–Trinajstić information content (AvgIpc) is 2.68. The van der Waals surface area contributed by atoms with Gasteiger partial charge in [0.15, 0.2) is 5.96 Å². The third-order valence-corrected chi connectivity index (χ3v) is 4.88. The first kappa shape index (κ1) is 22.7. The highest BCUT2D eigenvalue weighted by atomic mass is 35.5. The van der Waals surface area contributed by atoms with E-state index in [9.17, 15) is 9.18 Å². The van der Waals surface area contributed by atoms with Gasteiger partial charge >= 0.3 is 0 Å². The van der Waals surface area contributed by atoms with Crippen LogP contribution in [0.1, 0.15) is 42.3 Å². The highest BCUT2D eigenvalue weighted by molar-refractivity contribution is 6.31. The van der Waals surface area contributed by atoms with Gasteiger partial charge in [0.2, 0.25) is 0 Å². The van der Waals surface area contributed by atoms with Crippen LogP contribution in [0.15, 0.2) is 47.5 Å². The molecule has 2 rings (SSSR count). The Morgan fingerprint density at radius 3 is 2.55 bits per heavy atom. The number of guanidine groups is 1. The van der Waals surface area contributed by atoms with Gasteiger partial charge in [-0.15, -0.1) is 0 Å². The van der Waals surface area contributed by atoms with Gasteiger partial charge in [-0.05, 0) is 42.3 Å². The van der Waals surface area contributed by atoms with Crippen molar-refractivity contribution in [2.75, 3.05) is 20.1 Å². The molecule has 0 heterocycles. The standard InChI is InChI=1S/C22H28ClFN4O/c1-5-26-20(29)16-8-6-7-15(11-16)13-27-21(25-4)28-14-22(2,3)18-10-9-17(24)12-19(18)23/h6-12H,5,13-14H2,1-4H3,(H,26,29)(H2,25,27,28). The Bertz CT molecular complexity index is 883. The number of carbonyl (C=O) groups is 1. The Hall–Kier alpha value is -2.60. The molecule has 0 unspecified atom stereocenters. The molecule has 2 aromatic carbocycles. The van der Waals surface area contributed by atoms with Gasteiger partial charge in [-0.25, -0.2) is 4.39 Å². The molecule has 0 atom stereocenters. The molecule has 1 amide bonds. The van der Waals surface area contributed by atoms with Crippen molar-refractivity contribution in [2.45, 2.75) is 32.7 Å². The molecule has 3 N–H and O–H groups in total. The molecule has 29 heavy (non-hydrogen) atoms. The van der Waals surface area contributed by atoms with Crippen molar-refractivity contribution in [3.05, 3.63) is 70.0 Å². The molecule has 0 saturated carbocycles. The number of carbonyl (C=O) groups excluding carboxylic acids is 1. The van der Waals surface area contributed by atoms with Gasteiger partial charge in [-0.1, -0.05) is 43.6 Å². The third-order valence-electron chi connectivity index (χ3n) is 4.57. The van der Waals surface area contributed by atoms with Crippen LogP contribution in [0, 0.1) is 5.82 Å². The van der Waals surface area contributed by atoms with E-state index < -0.39 is 0 Å². The summed E-state index contributed by atoms with van der Waals surface area (Å²) in [4.78, 5) is 16.2. The highest BCUT2D eigenvalue weighted by Crippen LogP contribution is 2.29. The monoisotopic (exact) mass is 418 g/mol. The van der Waals surface area contributed by atoms with Gasteiger partial charge in [0.1, 0.15) is 5.82 Å². The maximum absolute atomic E-state index is 13.3. The molecular formula is C22H28ClFN4O. The highest BCUT2D eigenvalue weighted by Gasteiger charge is 2.24. The normalized spacial score (nSPS) is 11.9. The maximum atomic E-state index is 13.3. The van der Waals surface area contributed by atoms with Crippen molar-refractivity contribution >= 4 is 23.5 Å². The van der Waals surface area contributed by atoms with E-state index in [4.69, 9.17) is 11.6 Å². The van der Waals surface area contributed by atoms with Crippen LogP contribution in [-0.4, -0.2) is 32.0 Å². The molecule has 0 radical (unpaired) electrons. The number of nitrogens with one attached hydrogen (secondary N) is 3. The summed E-state index contributed by atoms with van der Waals surface area (Å²) in [7, 11) is 1.69.